The third-order valence-corrected chi connectivity index (χ3v) is 5.92. The number of nitrogens with zero attached hydrogens (tertiary/aromatic N) is 3. The standard InChI is InChI=1S/C23H20N4O4S/c1-15(16-9-10-18-20(12-16)31-14-30-18)24-21(28)13-32-23-26-25-22(19-8-5-11-29-19)27(23)17-6-3-2-4-7-17/h2-12,15H,13-14H2,1H3,(H,24,28)/t15-/m1/s1. The Morgan fingerprint density at radius 1 is 1.09 bits per heavy atom. The second kappa shape index (κ2) is 8.80. The first kappa shape index (κ1) is 20.2. The quantitative estimate of drug-likeness (QED) is 0.423. The van der Waals surface area contributed by atoms with Crippen molar-refractivity contribution in [3.8, 4) is 28.8 Å². The van der Waals surface area contributed by atoms with Gasteiger partial charge in [0.15, 0.2) is 22.4 Å². The summed E-state index contributed by atoms with van der Waals surface area (Å²) in [7, 11) is 0. The molecule has 0 bridgehead atoms. The number of carbonyl (C=O) groups is 1. The topological polar surface area (TPSA) is 91.4 Å². The lowest BCUT2D eigenvalue weighted by atomic mass is 10.1. The van der Waals surface area contributed by atoms with Crippen LogP contribution in [0.25, 0.3) is 17.3 Å². The predicted molar refractivity (Wildman–Crippen MR) is 119 cm³/mol. The van der Waals surface area contributed by atoms with Crippen molar-refractivity contribution in [3.63, 3.8) is 0 Å². The van der Waals surface area contributed by atoms with Crippen LogP contribution in [0.4, 0.5) is 0 Å². The number of nitrogens with one attached hydrogen (secondary N) is 1. The maximum atomic E-state index is 12.7. The Kier molecular flexibility index (Phi) is 5.55. The van der Waals surface area contributed by atoms with Gasteiger partial charge in [-0.05, 0) is 48.9 Å². The fourth-order valence-corrected chi connectivity index (χ4v) is 4.18. The summed E-state index contributed by atoms with van der Waals surface area (Å²) in [5.74, 6) is 2.68. The van der Waals surface area contributed by atoms with Gasteiger partial charge < -0.3 is 19.2 Å². The van der Waals surface area contributed by atoms with Crippen molar-refractivity contribution >= 4 is 17.7 Å². The number of hydrogen-bond acceptors (Lipinski definition) is 7. The highest BCUT2D eigenvalue weighted by Crippen LogP contribution is 2.34. The number of fused-ring (bicyclic) bond motifs is 1. The lowest BCUT2D eigenvalue weighted by Gasteiger charge is -2.15. The monoisotopic (exact) mass is 448 g/mol. The highest BCUT2D eigenvalue weighted by Gasteiger charge is 2.20. The predicted octanol–water partition coefficient (Wildman–Crippen LogP) is 4.23. The molecular weight excluding hydrogens is 428 g/mol. The molecular formula is C23H20N4O4S. The molecule has 1 aliphatic heterocycles. The van der Waals surface area contributed by atoms with Gasteiger partial charge in [-0.2, -0.15) is 0 Å². The molecule has 32 heavy (non-hydrogen) atoms. The summed E-state index contributed by atoms with van der Waals surface area (Å²) in [6.07, 6.45) is 1.59. The molecule has 0 spiro atoms. The van der Waals surface area contributed by atoms with Gasteiger partial charge >= 0.3 is 0 Å². The van der Waals surface area contributed by atoms with Gasteiger partial charge in [0.1, 0.15) is 0 Å². The van der Waals surface area contributed by atoms with Gasteiger partial charge in [0.25, 0.3) is 0 Å². The summed E-state index contributed by atoms with van der Waals surface area (Å²) >= 11 is 1.32. The Hall–Kier alpha value is -3.72. The number of furan rings is 1. The fraction of sp³-hybridized carbons (Fsp3) is 0.174. The summed E-state index contributed by atoms with van der Waals surface area (Å²) in [6.45, 7) is 2.15. The molecule has 8 nitrogen and oxygen atoms in total. The third-order valence-electron chi connectivity index (χ3n) is 5.00. The molecule has 0 aliphatic carbocycles. The van der Waals surface area contributed by atoms with E-state index in [2.05, 4.69) is 15.5 Å². The number of para-hydroxylation sites is 1. The fourth-order valence-electron chi connectivity index (χ4n) is 3.42. The van der Waals surface area contributed by atoms with Crippen LogP contribution >= 0.6 is 11.8 Å². The Labute approximate surface area is 188 Å². The van der Waals surface area contributed by atoms with Crippen molar-refractivity contribution in [2.45, 2.75) is 18.1 Å². The second-order valence-electron chi connectivity index (χ2n) is 7.15. The molecule has 2 aromatic heterocycles. The molecule has 3 heterocycles. The van der Waals surface area contributed by atoms with E-state index in [1.165, 1.54) is 11.8 Å². The van der Waals surface area contributed by atoms with E-state index in [1.807, 2.05) is 66.1 Å². The highest BCUT2D eigenvalue weighted by atomic mass is 32.2. The summed E-state index contributed by atoms with van der Waals surface area (Å²) in [6, 6.07) is 18.9. The van der Waals surface area contributed by atoms with Crippen molar-refractivity contribution in [2.24, 2.45) is 0 Å². The van der Waals surface area contributed by atoms with Gasteiger partial charge in [-0.25, -0.2) is 0 Å². The Morgan fingerprint density at radius 3 is 2.75 bits per heavy atom. The Bertz CT molecular complexity index is 1220. The lowest BCUT2D eigenvalue weighted by molar-refractivity contribution is -0.119. The molecule has 4 aromatic rings. The molecule has 1 N–H and O–H groups in total. The number of benzene rings is 2. The largest absolute Gasteiger partial charge is 0.461 e. The highest BCUT2D eigenvalue weighted by molar-refractivity contribution is 7.99. The van der Waals surface area contributed by atoms with Crippen molar-refractivity contribution < 1.29 is 18.7 Å². The SMILES string of the molecule is C[C@@H](NC(=O)CSc1nnc(-c2ccco2)n1-c1ccccc1)c1ccc2c(c1)OCO2. The summed E-state index contributed by atoms with van der Waals surface area (Å²) in [5.41, 5.74) is 1.83. The Morgan fingerprint density at radius 2 is 1.94 bits per heavy atom. The van der Waals surface area contributed by atoms with E-state index in [-0.39, 0.29) is 24.5 Å². The Balaban J connectivity index is 1.30. The maximum absolute atomic E-state index is 12.7. The van der Waals surface area contributed by atoms with Gasteiger partial charge in [0, 0.05) is 5.69 Å². The van der Waals surface area contributed by atoms with Crippen LogP contribution in [-0.4, -0.2) is 33.2 Å². The van der Waals surface area contributed by atoms with Crippen LogP contribution in [0.3, 0.4) is 0 Å². The molecule has 0 radical (unpaired) electrons. The molecule has 0 unspecified atom stereocenters. The van der Waals surface area contributed by atoms with E-state index < -0.39 is 0 Å². The molecule has 1 atom stereocenters. The molecule has 0 saturated carbocycles. The van der Waals surface area contributed by atoms with Crippen LogP contribution in [0.15, 0.2) is 76.5 Å². The van der Waals surface area contributed by atoms with Crippen molar-refractivity contribution in [1.82, 2.24) is 20.1 Å². The minimum Gasteiger partial charge on any atom is -0.461 e. The molecule has 162 valence electrons. The molecule has 5 rings (SSSR count). The average molecular weight is 449 g/mol. The third kappa shape index (κ3) is 4.06. The van der Waals surface area contributed by atoms with E-state index in [9.17, 15) is 4.79 Å². The first-order valence-corrected chi connectivity index (χ1v) is 11.0. The zero-order valence-corrected chi connectivity index (χ0v) is 18.0. The maximum Gasteiger partial charge on any atom is 0.231 e. The molecule has 0 fully saturated rings. The number of hydrogen-bond donors (Lipinski definition) is 1. The molecule has 0 saturated heterocycles. The van der Waals surface area contributed by atoms with Gasteiger partial charge in [-0.15, -0.1) is 10.2 Å². The minimum absolute atomic E-state index is 0.109. The number of thioether (sulfide) groups is 1. The first-order valence-electron chi connectivity index (χ1n) is 10.1. The first-order chi connectivity index (χ1) is 15.7. The zero-order valence-electron chi connectivity index (χ0n) is 17.2. The zero-order chi connectivity index (χ0) is 21.9. The van der Waals surface area contributed by atoms with Gasteiger partial charge in [0.05, 0.1) is 18.1 Å². The number of amides is 1. The van der Waals surface area contributed by atoms with Gasteiger partial charge in [0.2, 0.25) is 18.5 Å². The van der Waals surface area contributed by atoms with Crippen molar-refractivity contribution in [3.05, 3.63) is 72.5 Å². The van der Waals surface area contributed by atoms with Crippen molar-refractivity contribution in [1.29, 1.82) is 0 Å². The molecule has 9 heteroatoms. The lowest BCUT2D eigenvalue weighted by Crippen LogP contribution is -2.28. The number of carbonyl (C=O) groups excluding carboxylic acids is 1. The second-order valence-corrected chi connectivity index (χ2v) is 8.09. The van der Waals surface area contributed by atoms with E-state index in [4.69, 9.17) is 13.9 Å². The van der Waals surface area contributed by atoms with Crippen LogP contribution in [-0.2, 0) is 4.79 Å². The van der Waals surface area contributed by atoms with Crippen LogP contribution < -0.4 is 14.8 Å². The number of ether oxygens (including phenoxy) is 2. The van der Waals surface area contributed by atoms with E-state index >= 15 is 0 Å². The average Bonchev–Trinajstić information content (AvgIpc) is 3.58. The smallest absolute Gasteiger partial charge is 0.231 e. The molecule has 2 aromatic carbocycles. The summed E-state index contributed by atoms with van der Waals surface area (Å²) in [4.78, 5) is 12.7. The minimum atomic E-state index is -0.178. The van der Waals surface area contributed by atoms with Crippen LogP contribution in [0.5, 0.6) is 11.5 Å². The summed E-state index contributed by atoms with van der Waals surface area (Å²) in [5, 5.41) is 12.2. The molecule has 1 amide bonds. The van der Waals surface area contributed by atoms with E-state index in [1.54, 1.807) is 12.3 Å². The van der Waals surface area contributed by atoms with Crippen molar-refractivity contribution in [2.75, 3.05) is 12.5 Å². The van der Waals surface area contributed by atoms with Crippen LogP contribution in [0.1, 0.15) is 18.5 Å². The number of rotatable bonds is 7. The van der Waals surface area contributed by atoms with Crippen LogP contribution in [0, 0.1) is 0 Å². The van der Waals surface area contributed by atoms with E-state index in [0.717, 1.165) is 17.0 Å². The summed E-state index contributed by atoms with van der Waals surface area (Å²) < 4.78 is 18.2. The normalized spacial score (nSPS) is 13.2. The van der Waals surface area contributed by atoms with Crippen LogP contribution in [0.2, 0.25) is 0 Å². The number of aromatic nitrogens is 3. The van der Waals surface area contributed by atoms with E-state index in [0.29, 0.717) is 22.5 Å². The van der Waals surface area contributed by atoms with Gasteiger partial charge in [-0.3, -0.25) is 9.36 Å². The molecule has 1 aliphatic rings. The van der Waals surface area contributed by atoms with Gasteiger partial charge in [-0.1, -0.05) is 36.0 Å².